The molecule has 0 amide bonds. The average Bonchev–Trinajstić information content (AvgIpc) is 3.17. The van der Waals surface area contributed by atoms with Crippen LogP contribution in [0, 0.1) is 12.7 Å². The summed E-state index contributed by atoms with van der Waals surface area (Å²) in [6.07, 6.45) is 5.22. The first-order chi connectivity index (χ1) is 14.5. The highest BCUT2D eigenvalue weighted by Crippen LogP contribution is 2.40. The molecule has 154 valence electrons. The van der Waals surface area contributed by atoms with Crippen molar-refractivity contribution < 1.29 is 13.9 Å². The molecule has 3 N–H and O–H groups in total. The minimum atomic E-state index is -0.532. The van der Waals surface area contributed by atoms with Gasteiger partial charge in [-0.1, -0.05) is 18.2 Å². The van der Waals surface area contributed by atoms with Crippen LogP contribution in [0.4, 0.5) is 4.39 Å². The van der Waals surface area contributed by atoms with Gasteiger partial charge in [-0.2, -0.15) is 0 Å². The number of hydrogen-bond donors (Lipinski definition) is 2. The van der Waals surface area contributed by atoms with Gasteiger partial charge in [0.15, 0.2) is 0 Å². The number of hydrogen-bond acceptors (Lipinski definition) is 5. The second-order valence-corrected chi connectivity index (χ2v) is 7.42. The Bertz CT molecular complexity index is 1130. The first-order valence-electron chi connectivity index (χ1n) is 9.63. The van der Waals surface area contributed by atoms with E-state index in [1.807, 2.05) is 37.3 Å². The summed E-state index contributed by atoms with van der Waals surface area (Å²) in [5, 5.41) is 3.23. The predicted octanol–water partition coefficient (Wildman–Crippen LogP) is 3.90. The number of nitrogens with one attached hydrogen (secondary N) is 1. The number of aromatic nitrogens is 1. The zero-order valence-corrected chi connectivity index (χ0v) is 17.2. The second-order valence-electron chi connectivity index (χ2n) is 7.42. The molecule has 1 aliphatic heterocycles. The SMILES string of the molecule is COc1cncc(-c2cc(C3(c4ccc(OC)c(C)c4)C=C(N)NC3)ccc2F)c1. The zero-order valence-electron chi connectivity index (χ0n) is 17.2. The topological polar surface area (TPSA) is 69.4 Å². The largest absolute Gasteiger partial charge is 0.496 e. The molecule has 30 heavy (non-hydrogen) atoms. The van der Waals surface area contributed by atoms with Gasteiger partial charge in [0.25, 0.3) is 0 Å². The summed E-state index contributed by atoms with van der Waals surface area (Å²) in [5.74, 6) is 1.67. The third-order valence-electron chi connectivity index (χ3n) is 5.62. The Hall–Kier alpha value is -3.54. The zero-order chi connectivity index (χ0) is 21.3. The van der Waals surface area contributed by atoms with Gasteiger partial charge in [0, 0.05) is 23.9 Å². The van der Waals surface area contributed by atoms with E-state index >= 15 is 0 Å². The Kier molecular flexibility index (Phi) is 5.08. The number of nitrogens with two attached hydrogens (primary N) is 1. The molecular formula is C24H24FN3O2. The molecule has 1 aromatic heterocycles. The molecule has 4 rings (SSSR count). The van der Waals surface area contributed by atoms with Crippen LogP contribution in [0.25, 0.3) is 11.1 Å². The highest BCUT2D eigenvalue weighted by atomic mass is 19.1. The molecule has 1 aliphatic rings. The summed E-state index contributed by atoms with van der Waals surface area (Å²) < 4.78 is 25.5. The van der Waals surface area contributed by atoms with Crippen LogP contribution in [-0.4, -0.2) is 25.7 Å². The molecule has 6 heteroatoms. The van der Waals surface area contributed by atoms with Gasteiger partial charge in [0.05, 0.1) is 31.7 Å². The molecule has 1 unspecified atom stereocenters. The molecule has 0 aliphatic carbocycles. The predicted molar refractivity (Wildman–Crippen MR) is 115 cm³/mol. The lowest BCUT2D eigenvalue weighted by atomic mass is 9.74. The number of halogens is 1. The normalized spacial score (nSPS) is 17.9. The van der Waals surface area contributed by atoms with Gasteiger partial charge >= 0.3 is 0 Å². The molecule has 1 atom stereocenters. The summed E-state index contributed by atoms with van der Waals surface area (Å²) in [7, 11) is 3.22. The fourth-order valence-electron chi connectivity index (χ4n) is 4.00. The van der Waals surface area contributed by atoms with E-state index in [1.165, 1.54) is 6.07 Å². The molecule has 0 saturated heterocycles. The number of methoxy groups -OCH3 is 2. The molecule has 5 nitrogen and oxygen atoms in total. The van der Waals surface area contributed by atoms with Crippen molar-refractivity contribution in [1.82, 2.24) is 10.3 Å². The summed E-state index contributed by atoms with van der Waals surface area (Å²) in [5.41, 5.74) is 9.70. The fraction of sp³-hybridized carbons (Fsp3) is 0.208. The molecule has 2 heterocycles. The maximum atomic E-state index is 14.8. The van der Waals surface area contributed by atoms with Gasteiger partial charge in [0.1, 0.15) is 17.3 Å². The summed E-state index contributed by atoms with van der Waals surface area (Å²) in [4.78, 5) is 4.17. The van der Waals surface area contributed by atoms with Gasteiger partial charge in [-0.05, 0) is 54.0 Å². The third kappa shape index (κ3) is 3.34. The first-order valence-corrected chi connectivity index (χ1v) is 9.63. The lowest BCUT2D eigenvalue weighted by Gasteiger charge is -2.29. The number of rotatable bonds is 5. The summed E-state index contributed by atoms with van der Waals surface area (Å²) in [6, 6.07) is 13.0. The minimum absolute atomic E-state index is 0.322. The van der Waals surface area contributed by atoms with Gasteiger partial charge < -0.3 is 20.5 Å². The molecule has 3 aromatic rings. The third-order valence-corrected chi connectivity index (χ3v) is 5.62. The van der Waals surface area contributed by atoms with Crippen LogP contribution in [0.5, 0.6) is 11.5 Å². The molecule has 2 aromatic carbocycles. The van der Waals surface area contributed by atoms with E-state index in [0.29, 0.717) is 29.2 Å². The van der Waals surface area contributed by atoms with Crippen molar-refractivity contribution in [2.75, 3.05) is 20.8 Å². The molecule has 0 bridgehead atoms. The highest BCUT2D eigenvalue weighted by Gasteiger charge is 2.37. The smallest absolute Gasteiger partial charge is 0.137 e. The van der Waals surface area contributed by atoms with Crippen LogP contribution in [0.15, 0.2) is 66.8 Å². The standard InChI is InChI=1S/C24H24FN3O2/c1-15-8-17(5-7-22(15)30-3)24(11-23(26)28-14-24)18-4-6-21(25)20(10-18)16-9-19(29-2)13-27-12-16/h4-13,28H,14,26H2,1-3H3. The maximum absolute atomic E-state index is 14.8. The van der Waals surface area contributed by atoms with Crippen LogP contribution in [0.3, 0.4) is 0 Å². The number of nitrogens with zero attached hydrogens (tertiary/aromatic N) is 1. The quantitative estimate of drug-likeness (QED) is 0.674. The van der Waals surface area contributed by atoms with E-state index in [0.717, 1.165) is 22.4 Å². The Labute approximate surface area is 175 Å². The lowest BCUT2D eigenvalue weighted by Crippen LogP contribution is -2.31. The Morgan fingerprint density at radius 2 is 1.80 bits per heavy atom. The summed E-state index contributed by atoms with van der Waals surface area (Å²) >= 11 is 0. The summed E-state index contributed by atoms with van der Waals surface area (Å²) in [6.45, 7) is 2.58. The van der Waals surface area contributed by atoms with Crippen LogP contribution < -0.4 is 20.5 Å². The average molecular weight is 405 g/mol. The van der Waals surface area contributed by atoms with Crippen molar-refractivity contribution in [2.24, 2.45) is 5.73 Å². The van der Waals surface area contributed by atoms with Gasteiger partial charge in [-0.15, -0.1) is 0 Å². The number of ether oxygens (including phenoxy) is 2. The van der Waals surface area contributed by atoms with E-state index in [9.17, 15) is 4.39 Å². The van der Waals surface area contributed by atoms with Crippen LogP contribution in [-0.2, 0) is 5.41 Å². The molecule has 0 fully saturated rings. The van der Waals surface area contributed by atoms with E-state index in [-0.39, 0.29) is 5.82 Å². The van der Waals surface area contributed by atoms with Crippen molar-refractivity contribution in [3.63, 3.8) is 0 Å². The van der Waals surface area contributed by atoms with Crippen molar-refractivity contribution in [2.45, 2.75) is 12.3 Å². The molecule has 0 saturated carbocycles. The van der Waals surface area contributed by atoms with Crippen molar-refractivity contribution >= 4 is 0 Å². The fourth-order valence-corrected chi connectivity index (χ4v) is 4.00. The molecule has 0 spiro atoms. The highest BCUT2D eigenvalue weighted by molar-refractivity contribution is 5.67. The van der Waals surface area contributed by atoms with Gasteiger partial charge in [-0.3, -0.25) is 4.98 Å². The Morgan fingerprint density at radius 1 is 1.03 bits per heavy atom. The van der Waals surface area contributed by atoms with E-state index < -0.39 is 5.41 Å². The van der Waals surface area contributed by atoms with E-state index in [4.69, 9.17) is 15.2 Å². The number of aryl methyl sites for hydroxylation is 1. The number of pyridine rings is 1. The second kappa shape index (κ2) is 7.71. The van der Waals surface area contributed by atoms with E-state index in [2.05, 4.69) is 16.4 Å². The Morgan fingerprint density at radius 3 is 2.47 bits per heavy atom. The van der Waals surface area contributed by atoms with Crippen LogP contribution in [0.1, 0.15) is 16.7 Å². The van der Waals surface area contributed by atoms with E-state index in [1.54, 1.807) is 32.7 Å². The molecule has 0 radical (unpaired) electrons. The minimum Gasteiger partial charge on any atom is -0.496 e. The van der Waals surface area contributed by atoms with Crippen molar-refractivity contribution in [3.05, 3.63) is 89.3 Å². The van der Waals surface area contributed by atoms with Crippen LogP contribution >= 0.6 is 0 Å². The number of benzene rings is 2. The van der Waals surface area contributed by atoms with Crippen LogP contribution in [0.2, 0.25) is 0 Å². The maximum Gasteiger partial charge on any atom is 0.137 e. The molecular weight excluding hydrogens is 381 g/mol. The van der Waals surface area contributed by atoms with Crippen molar-refractivity contribution in [3.8, 4) is 22.6 Å². The Balaban J connectivity index is 1.88. The first kappa shape index (κ1) is 19.8. The van der Waals surface area contributed by atoms with Crippen molar-refractivity contribution in [1.29, 1.82) is 0 Å². The van der Waals surface area contributed by atoms with Gasteiger partial charge in [0.2, 0.25) is 0 Å². The van der Waals surface area contributed by atoms with Gasteiger partial charge in [-0.25, -0.2) is 4.39 Å². The lowest BCUT2D eigenvalue weighted by molar-refractivity contribution is 0.411. The monoisotopic (exact) mass is 405 g/mol.